The molecule has 0 bridgehead atoms. The maximum atomic E-state index is 11.1. The van der Waals surface area contributed by atoms with E-state index in [0.717, 1.165) is 29.8 Å². The Kier molecular flexibility index (Phi) is 7.07. The number of para-hydroxylation sites is 1. The Hall–Kier alpha value is -2.48. The fourth-order valence-corrected chi connectivity index (χ4v) is 4.05. The number of hydrogen-bond donors (Lipinski definition) is 2. The Morgan fingerprint density at radius 1 is 1.27 bits per heavy atom. The molecule has 0 aliphatic heterocycles. The number of carbonyl (C=O) groups is 1. The van der Waals surface area contributed by atoms with Crippen LogP contribution in [0.4, 0.5) is 10.5 Å². The smallest absolute Gasteiger partial charge is 0.404 e. The first-order valence-corrected chi connectivity index (χ1v) is 10.4. The van der Waals surface area contributed by atoms with Gasteiger partial charge in [0.25, 0.3) is 0 Å². The molecule has 3 aromatic rings. The summed E-state index contributed by atoms with van der Waals surface area (Å²) in [5.74, 6) is 0.391. The van der Waals surface area contributed by atoms with Crippen LogP contribution in [-0.2, 0) is 11.3 Å². The lowest BCUT2D eigenvalue weighted by Crippen LogP contribution is -2.23. The van der Waals surface area contributed by atoms with Crippen molar-refractivity contribution in [2.24, 2.45) is 5.73 Å². The van der Waals surface area contributed by atoms with Crippen molar-refractivity contribution in [3.05, 3.63) is 57.8 Å². The molecule has 1 heterocycles. The van der Waals surface area contributed by atoms with Gasteiger partial charge in [0.15, 0.2) is 0 Å². The van der Waals surface area contributed by atoms with Gasteiger partial charge < -0.3 is 25.0 Å². The topological polar surface area (TPSA) is 93.6 Å². The number of primary amides is 1. The molecule has 0 fully saturated rings. The van der Waals surface area contributed by atoms with Crippen LogP contribution in [-0.4, -0.2) is 40.4 Å². The number of nitrogens with two attached hydrogens (primary N) is 1. The number of amides is 1. The number of nitrogens with zero attached hydrogens (tertiary/aromatic N) is 3. The van der Waals surface area contributed by atoms with Gasteiger partial charge in [-0.15, -0.1) is 0 Å². The first-order valence-electron chi connectivity index (χ1n) is 9.66. The number of anilines is 1. The Balaban J connectivity index is 2.17. The number of imidazole rings is 1. The summed E-state index contributed by atoms with van der Waals surface area (Å²) in [7, 11) is 0. The molecule has 3 N–H and O–H groups in total. The molecule has 7 nitrogen and oxygen atoms in total. The Labute approximate surface area is 185 Å². The van der Waals surface area contributed by atoms with Crippen molar-refractivity contribution in [3.8, 4) is 0 Å². The number of ether oxygens (including phenoxy) is 1. The van der Waals surface area contributed by atoms with Crippen LogP contribution in [0, 0.1) is 0 Å². The van der Waals surface area contributed by atoms with Crippen molar-refractivity contribution >= 4 is 46.0 Å². The van der Waals surface area contributed by atoms with Gasteiger partial charge in [-0.25, -0.2) is 9.78 Å². The van der Waals surface area contributed by atoms with E-state index in [-0.39, 0.29) is 13.2 Å². The van der Waals surface area contributed by atoms with Gasteiger partial charge in [0.2, 0.25) is 0 Å². The van der Waals surface area contributed by atoms with E-state index in [4.69, 9.17) is 33.7 Å². The van der Waals surface area contributed by atoms with Gasteiger partial charge in [0.1, 0.15) is 18.5 Å². The van der Waals surface area contributed by atoms with E-state index in [1.807, 2.05) is 22.8 Å². The molecular formula is C21H24Cl2N4O3. The number of hydrogen-bond acceptors (Lipinski definition) is 5. The fraction of sp³-hybridized carbons (Fsp3) is 0.333. The van der Waals surface area contributed by atoms with Gasteiger partial charge in [0, 0.05) is 28.7 Å². The molecule has 0 saturated heterocycles. The predicted molar refractivity (Wildman–Crippen MR) is 119 cm³/mol. The van der Waals surface area contributed by atoms with Gasteiger partial charge >= 0.3 is 6.09 Å². The standard InChI is InChI=1S/C21H24Cl2N4O3/c1-3-26(4-2)17-7-5-6-16-18(17)27(10-11-30-21(24)29)20(25-16)19(28)14-9-8-13(22)12-15(14)23/h5-9,12,19,28H,3-4,10-11H2,1-2H3,(H2,24,29). The van der Waals surface area contributed by atoms with Crippen LogP contribution in [0.5, 0.6) is 0 Å². The number of benzene rings is 2. The molecule has 1 atom stereocenters. The van der Waals surface area contributed by atoms with E-state index in [2.05, 4.69) is 23.7 Å². The highest BCUT2D eigenvalue weighted by atomic mass is 35.5. The van der Waals surface area contributed by atoms with Crippen LogP contribution in [0.15, 0.2) is 36.4 Å². The van der Waals surface area contributed by atoms with Crippen molar-refractivity contribution < 1.29 is 14.6 Å². The van der Waals surface area contributed by atoms with Crippen LogP contribution < -0.4 is 10.6 Å². The van der Waals surface area contributed by atoms with Crippen LogP contribution >= 0.6 is 23.2 Å². The summed E-state index contributed by atoms with van der Waals surface area (Å²) in [6, 6.07) is 10.7. The van der Waals surface area contributed by atoms with Gasteiger partial charge in [-0.1, -0.05) is 35.3 Å². The van der Waals surface area contributed by atoms with Gasteiger partial charge in [-0.3, -0.25) is 0 Å². The third kappa shape index (κ3) is 4.48. The Bertz CT molecular complexity index is 1050. The summed E-state index contributed by atoms with van der Waals surface area (Å²) in [5.41, 5.74) is 8.14. The lowest BCUT2D eigenvalue weighted by atomic mass is 10.1. The fourth-order valence-electron chi connectivity index (χ4n) is 3.54. The van der Waals surface area contributed by atoms with Crippen molar-refractivity contribution in [1.29, 1.82) is 0 Å². The van der Waals surface area contributed by atoms with Crippen LogP contribution in [0.3, 0.4) is 0 Å². The normalized spacial score (nSPS) is 12.2. The molecule has 0 aliphatic carbocycles. The Morgan fingerprint density at radius 3 is 2.63 bits per heavy atom. The molecule has 1 unspecified atom stereocenters. The van der Waals surface area contributed by atoms with E-state index in [1.165, 1.54) is 0 Å². The average molecular weight is 451 g/mol. The summed E-state index contributed by atoms with van der Waals surface area (Å²) in [6.07, 6.45) is -1.95. The number of carbonyl (C=O) groups excluding carboxylic acids is 1. The van der Waals surface area contributed by atoms with Gasteiger partial charge in [-0.05, 0) is 38.1 Å². The zero-order chi connectivity index (χ0) is 21.8. The molecule has 1 aromatic heterocycles. The van der Waals surface area contributed by atoms with Gasteiger partial charge in [0.05, 0.1) is 23.3 Å². The summed E-state index contributed by atoms with van der Waals surface area (Å²) in [6.45, 7) is 6.07. The molecule has 9 heteroatoms. The summed E-state index contributed by atoms with van der Waals surface area (Å²) in [5, 5.41) is 12.0. The second kappa shape index (κ2) is 9.55. The lowest BCUT2D eigenvalue weighted by molar-refractivity contribution is 0.150. The number of halogens is 2. The van der Waals surface area contributed by atoms with Crippen molar-refractivity contribution in [3.63, 3.8) is 0 Å². The molecule has 3 rings (SSSR count). The zero-order valence-electron chi connectivity index (χ0n) is 16.8. The van der Waals surface area contributed by atoms with E-state index in [1.54, 1.807) is 18.2 Å². The van der Waals surface area contributed by atoms with E-state index in [0.29, 0.717) is 21.4 Å². The largest absolute Gasteiger partial charge is 0.448 e. The maximum absolute atomic E-state index is 11.1. The number of aliphatic hydroxyl groups is 1. The predicted octanol–water partition coefficient (Wildman–Crippen LogP) is 4.37. The highest BCUT2D eigenvalue weighted by Crippen LogP contribution is 2.34. The highest BCUT2D eigenvalue weighted by molar-refractivity contribution is 6.35. The summed E-state index contributed by atoms with van der Waals surface area (Å²) in [4.78, 5) is 17.9. The molecular weight excluding hydrogens is 427 g/mol. The highest BCUT2D eigenvalue weighted by Gasteiger charge is 2.24. The lowest BCUT2D eigenvalue weighted by Gasteiger charge is -2.23. The molecule has 2 aromatic carbocycles. The number of rotatable bonds is 8. The molecule has 0 spiro atoms. The average Bonchev–Trinajstić information content (AvgIpc) is 3.07. The monoisotopic (exact) mass is 450 g/mol. The number of fused-ring (bicyclic) bond motifs is 1. The molecule has 160 valence electrons. The second-order valence-corrected chi connectivity index (χ2v) is 7.52. The summed E-state index contributed by atoms with van der Waals surface area (Å²) >= 11 is 12.3. The van der Waals surface area contributed by atoms with Crippen LogP contribution in [0.1, 0.15) is 31.3 Å². The van der Waals surface area contributed by atoms with Crippen molar-refractivity contribution in [2.45, 2.75) is 26.5 Å². The third-order valence-corrected chi connectivity index (χ3v) is 5.50. The number of aliphatic hydroxyl groups excluding tert-OH is 1. The first kappa shape index (κ1) is 22.2. The quantitative estimate of drug-likeness (QED) is 0.531. The molecule has 30 heavy (non-hydrogen) atoms. The molecule has 0 aliphatic rings. The van der Waals surface area contributed by atoms with E-state index < -0.39 is 12.2 Å². The second-order valence-electron chi connectivity index (χ2n) is 6.67. The van der Waals surface area contributed by atoms with Crippen LogP contribution in [0.25, 0.3) is 11.0 Å². The minimum Gasteiger partial charge on any atom is -0.448 e. The molecule has 0 radical (unpaired) electrons. The zero-order valence-corrected chi connectivity index (χ0v) is 18.3. The summed E-state index contributed by atoms with van der Waals surface area (Å²) < 4.78 is 6.80. The maximum Gasteiger partial charge on any atom is 0.404 e. The molecule has 0 saturated carbocycles. The molecule has 1 amide bonds. The van der Waals surface area contributed by atoms with E-state index >= 15 is 0 Å². The third-order valence-electron chi connectivity index (χ3n) is 4.94. The number of aromatic nitrogens is 2. The van der Waals surface area contributed by atoms with Crippen molar-refractivity contribution in [1.82, 2.24) is 9.55 Å². The van der Waals surface area contributed by atoms with Gasteiger partial charge in [-0.2, -0.15) is 0 Å². The van der Waals surface area contributed by atoms with E-state index in [9.17, 15) is 9.90 Å². The minimum absolute atomic E-state index is 0.0431. The SMILES string of the molecule is CCN(CC)c1cccc2nc(C(O)c3ccc(Cl)cc3Cl)n(CCOC(N)=O)c12. The van der Waals surface area contributed by atoms with Crippen LogP contribution in [0.2, 0.25) is 10.0 Å². The minimum atomic E-state index is -1.10. The Morgan fingerprint density at radius 2 is 2.00 bits per heavy atom. The first-order chi connectivity index (χ1) is 14.4. The van der Waals surface area contributed by atoms with Crippen molar-refractivity contribution in [2.75, 3.05) is 24.6 Å².